The van der Waals surface area contributed by atoms with Gasteiger partial charge in [-0.3, -0.25) is 0 Å². The molecule has 0 heterocycles. The first kappa shape index (κ1) is 11.5. The van der Waals surface area contributed by atoms with Crippen LogP contribution in [0.15, 0.2) is 54.6 Å². The Labute approximate surface area is 113 Å². The van der Waals surface area contributed by atoms with E-state index in [-0.39, 0.29) is 0 Å². The molecule has 19 heavy (non-hydrogen) atoms. The predicted octanol–water partition coefficient (Wildman–Crippen LogP) is 4.52. The third kappa shape index (κ3) is 2.09. The second-order valence-electron chi connectivity index (χ2n) is 4.49. The van der Waals surface area contributed by atoms with E-state index in [1.807, 2.05) is 30.3 Å². The molecular weight excluding hydrogens is 230 g/mol. The third-order valence-corrected chi connectivity index (χ3v) is 3.34. The minimum atomic E-state index is 0.429. The molecule has 1 aliphatic rings. The Kier molecular flexibility index (Phi) is 3.00. The summed E-state index contributed by atoms with van der Waals surface area (Å²) < 4.78 is 0. The van der Waals surface area contributed by atoms with Gasteiger partial charge in [0.2, 0.25) is 0 Å². The maximum absolute atomic E-state index is 8.85. The highest BCUT2D eigenvalue weighted by Crippen LogP contribution is 2.33. The lowest BCUT2D eigenvalue weighted by atomic mass is 9.93. The fraction of sp³-hybridized carbons (Fsp3) is 0.0556. The molecule has 1 heteroatoms. The number of rotatable bonds is 1. The molecule has 2 aromatic carbocycles. The van der Waals surface area contributed by atoms with Crippen LogP contribution < -0.4 is 0 Å². The predicted molar refractivity (Wildman–Crippen MR) is 79.1 cm³/mol. The van der Waals surface area contributed by atoms with E-state index in [2.05, 4.69) is 42.5 Å². The summed E-state index contributed by atoms with van der Waals surface area (Å²) in [5, 5.41) is 8.85. The molecule has 90 valence electrons. The van der Waals surface area contributed by atoms with Crippen molar-refractivity contribution in [2.45, 2.75) is 6.42 Å². The minimum absolute atomic E-state index is 0.429. The average molecular weight is 243 g/mol. The van der Waals surface area contributed by atoms with Gasteiger partial charge in [0, 0.05) is 0 Å². The monoisotopic (exact) mass is 243 g/mol. The summed E-state index contributed by atoms with van der Waals surface area (Å²) in [4.78, 5) is 0. The number of benzene rings is 2. The van der Waals surface area contributed by atoms with E-state index in [0.29, 0.717) is 6.42 Å². The number of allylic oxidation sites excluding steroid dienone is 1. The molecule has 0 atom stereocenters. The zero-order chi connectivity index (χ0) is 13.1. The zero-order valence-corrected chi connectivity index (χ0v) is 10.5. The van der Waals surface area contributed by atoms with Gasteiger partial charge in [-0.2, -0.15) is 5.26 Å². The molecule has 0 aliphatic heterocycles. The topological polar surface area (TPSA) is 23.8 Å². The summed E-state index contributed by atoms with van der Waals surface area (Å²) >= 11 is 0. The first-order chi connectivity index (χ1) is 9.40. The van der Waals surface area contributed by atoms with Gasteiger partial charge in [-0.25, -0.2) is 0 Å². The first-order valence-corrected chi connectivity index (χ1v) is 6.34. The van der Waals surface area contributed by atoms with E-state index >= 15 is 0 Å². The van der Waals surface area contributed by atoms with Gasteiger partial charge in [-0.1, -0.05) is 66.8 Å². The van der Waals surface area contributed by atoms with Crippen molar-refractivity contribution in [3.63, 3.8) is 0 Å². The summed E-state index contributed by atoms with van der Waals surface area (Å²) in [5.74, 6) is 0. The number of fused-ring (bicyclic) bond motifs is 2. The van der Waals surface area contributed by atoms with Crippen molar-refractivity contribution in [2.24, 2.45) is 0 Å². The van der Waals surface area contributed by atoms with Crippen molar-refractivity contribution in [1.29, 1.82) is 5.26 Å². The lowest BCUT2D eigenvalue weighted by Gasteiger charge is -2.11. The van der Waals surface area contributed by atoms with Crippen molar-refractivity contribution in [3.8, 4) is 6.07 Å². The van der Waals surface area contributed by atoms with Crippen molar-refractivity contribution in [1.82, 2.24) is 0 Å². The van der Waals surface area contributed by atoms with Crippen molar-refractivity contribution in [3.05, 3.63) is 76.9 Å². The lowest BCUT2D eigenvalue weighted by molar-refractivity contribution is 1.35. The highest BCUT2D eigenvalue weighted by atomic mass is 14.2. The normalized spacial score (nSPS) is 12.1. The maximum atomic E-state index is 8.85. The molecule has 0 fully saturated rings. The van der Waals surface area contributed by atoms with Crippen molar-refractivity contribution in [2.75, 3.05) is 0 Å². The minimum Gasteiger partial charge on any atom is -0.198 e. The summed E-state index contributed by atoms with van der Waals surface area (Å²) in [6.45, 7) is 0. The average Bonchev–Trinajstić information content (AvgIpc) is 2.62. The number of nitriles is 1. The van der Waals surface area contributed by atoms with Crippen LogP contribution in [0.3, 0.4) is 0 Å². The Balaban J connectivity index is 2.28. The van der Waals surface area contributed by atoms with Gasteiger partial charge >= 0.3 is 0 Å². The highest BCUT2D eigenvalue weighted by Gasteiger charge is 2.13. The van der Waals surface area contributed by atoms with Crippen LogP contribution >= 0.6 is 0 Å². The standard InChI is InChI=1S/C18H13N/c19-13-5-10-18-16-8-3-1-6-14(16)11-12-15-7-2-4-9-17(15)18/h1-4,6-12H,5H2. The van der Waals surface area contributed by atoms with Crippen LogP contribution in [0.2, 0.25) is 0 Å². The molecule has 0 bridgehead atoms. The van der Waals surface area contributed by atoms with E-state index in [9.17, 15) is 0 Å². The quantitative estimate of drug-likeness (QED) is 0.616. The number of hydrogen-bond donors (Lipinski definition) is 0. The summed E-state index contributed by atoms with van der Waals surface area (Å²) in [6.07, 6.45) is 6.73. The second-order valence-corrected chi connectivity index (χ2v) is 4.49. The molecule has 0 amide bonds. The molecule has 0 aromatic heterocycles. The van der Waals surface area contributed by atoms with Gasteiger partial charge in [0.1, 0.15) is 0 Å². The first-order valence-electron chi connectivity index (χ1n) is 6.34. The zero-order valence-electron chi connectivity index (χ0n) is 10.5. The van der Waals surface area contributed by atoms with E-state index in [1.54, 1.807) is 0 Å². The largest absolute Gasteiger partial charge is 0.198 e. The van der Waals surface area contributed by atoms with Crippen LogP contribution in [0.5, 0.6) is 0 Å². The Morgan fingerprint density at radius 3 is 1.89 bits per heavy atom. The molecule has 0 saturated carbocycles. The summed E-state index contributed by atoms with van der Waals surface area (Å²) in [5.41, 5.74) is 5.93. The molecule has 0 saturated heterocycles. The van der Waals surface area contributed by atoms with Crippen LogP contribution in [-0.2, 0) is 0 Å². The van der Waals surface area contributed by atoms with E-state index in [0.717, 1.165) is 5.57 Å². The third-order valence-electron chi connectivity index (χ3n) is 3.34. The Bertz CT molecular complexity index is 663. The highest BCUT2D eigenvalue weighted by molar-refractivity contribution is 5.93. The van der Waals surface area contributed by atoms with Gasteiger partial charge in [0.05, 0.1) is 12.5 Å². The summed E-state index contributed by atoms with van der Waals surface area (Å²) in [6, 6.07) is 18.8. The fourth-order valence-corrected chi connectivity index (χ4v) is 2.47. The second kappa shape index (κ2) is 4.96. The molecule has 1 nitrogen and oxygen atoms in total. The van der Waals surface area contributed by atoms with Gasteiger partial charge in [-0.05, 0) is 27.8 Å². The smallest absolute Gasteiger partial charge is 0.0663 e. The van der Waals surface area contributed by atoms with E-state index in [1.165, 1.54) is 22.3 Å². The molecule has 3 rings (SSSR count). The molecule has 0 N–H and O–H groups in total. The molecule has 0 radical (unpaired) electrons. The van der Waals surface area contributed by atoms with Gasteiger partial charge in [0.25, 0.3) is 0 Å². The number of nitrogens with zero attached hydrogens (tertiary/aromatic N) is 1. The van der Waals surface area contributed by atoms with Crippen LogP contribution in [0.25, 0.3) is 17.7 Å². The van der Waals surface area contributed by atoms with Gasteiger partial charge in [0.15, 0.2) is 0 Å². The lowest BCUT2D eigenvalue weighted by Crippen LogP contribution is -1.91. The van der Waals surface area contributed by atoms with Crippen LogP contribution in [0, 0.1) is 11.3 Å². The van der Waals surface area contributed by atoms with E-state index in [4.69, 9.17) is 5.26 Å². The Morgan fingerprint density at radius 1 is 0.842 bits per heavy atom. The van der Waals surface area contributed by atoms with Crippen LogP contribution in [0.1, 0.15) is 28.7 Å². The van der Waals surface area contributed by atoms with Gasteiger partial charge in [-0.15, -0.1) is 0 Å². The Morgan fingerprint density at radius 2 is 1.37 bits per heavy atom. The maximum Gasteiger partial charge on any atom is 0.0663 e. The molecule has 0 spiro atoms. The van der Waals surface area contributed by atoms with Crippen molar-refractivity contribution < 1.29 is 0 Å². The molecule has 2 aromatic rings. The summed E-state index contributed by atoms with van der Waals surface area (Å²) in [7, 11) is 0. The molecule has 0 unspecified atom stereocenters. The molecular formula is C18H13N. The van der Waals surface area contributed by atoms with E-state index < -0.39 is 0 Å². The number of hydrogen-bond acceptors (Lipinski definition) is 1. The van der Waals surface area contributed by atoms with Crippen LogP contribution in [0.4, 0.5) is 0 Å². The Hall–Kier alpha value is -2.59. The molecule has 1 aliphatic carbocycles. The van der Waals surface area contributed by atoms with Gasteiger partial charge < -0.3 is 0 Å². The SMILES string of the molecule is N#CCC=C1c2ccccc2C=Cc2ccccc21. The van der Waals surface area contributed by atoms with Crippen LogP contribution in [-0.4, -0.2) is 0 Å². The van der Waals surface area contributed by atoms with Crippen molar-refractivity contribution >= 4 is 17.7 Å². The fourth-order valence-electron chi connectivity index (χ4n) is 2.47.